The average molecular weight is 225 g/mol. The van der Waals surface area contributed by atoms with Crippen LogP contribution in [0.1, 0.15) is 20.8 Å². The Morgan fingerprint density at radius 2 is 1.94 bits per heavy atom. The lowest BCUT2D eigenvalue weighted by Gasteiger charge is -2.43. The molecule has 0 aromatic heterocycles. The molecule has 1 saturated heterocycles. The van der Waals surface area contributed by atoms with Crippen LogP contribution in [0.2, 0.25) is 0 Å². The van der Waals surface area contributed by atoms with E-state index in [2.05, 4.69) is 5.92 Å². The monoisotopic (exact) mass is 225 g/mol. The number of nitrogens with zero attached hydrogens (tertiary/aromatic N) is 1. The number of terminal acetylenes is 1. The first-order valence-corrected chi connectivity index (χ1v) is 4.89. The molecule has 0 aromatic rings. The van der Waals surface area contributed by atoms with Crippen LogP contribution in [0.25, 0.3) is 0 Å². The largest absolute Gasteiger partial charge is 0.480 e. The molecule has 0 radical (unpaired) electrons. The topological polar surface area (TPSA) is 66.8 Å². The number of carbonyl (C=O) groups excluding carboxylic acids is 1. The number of hydrogen-bond acceptors (Lipinski definition) is 3. The van der Waals surface area contributed by atoms with Crippen molar-refractivity contribution < 1.29 is 19.4 Å². The summed E-state index contributed by atoms with van der Waals surface area (Å²) in [7, 11) is 0. The number of rotatable bonds is 1. The minimum Gasteiger partial charge on any atom is -0.480 e. The lowest BCUT2D eigenvalue weighted by Crippen LogP contribution is -2.62. The molecular formula is C11H15NO4. The molecule has 0 unspecified atom stereocenters. The molecule has 1 heterocycles. The number of likely N-dealkylation sites (tertiary alicyclic amines) is 1. The Morgan fingerprint density at radius 3 is 2.25 bits per heavy atom. The van der Waals surface area contributed by atoms with Crippen molar-refractivity contribution in [3.8, 4) is 12.3 Å². The number of ether oxygens (including phenoxy) is 1. The molecule has 5 nitrogen and oxygen atoms in total. The summed E-state index contributed by atoms with van der Waals surface area (Å²) < 4.78 is 5.08. The Balaban J connectivity index is 2.57. The van der Waals surface area contributed by atoms with Crippen molar-refractivity contribution in [3.05, 3.63) is 0 Å². The number of carboxylic acids is 1. The smallest absolute Gasteiger partial charge is 0.410 e. The molecule has 88 valence electrons. The molecule has 0 aliphatic carbocycles. The highest BCUT2D eigenvalue weighted by molar-refractivity contribution is 5.83. The van der Waals surface area contributed by atoms with Gasteiger partial charge in [-0.15, -0.1) is 6.42 Å². The van der Waals surface area contributed by atoms with Gasteiger partial charge in [-0.1, -0.05) is 5.92 Å². The summed E-state index contributed by atoms with van der Waals surface area (Å²) in [5.41, 5.74) is -1.83. The van der Waals surface area contributed by atoms with Crippen LogP contribution in [0.3, 0.4) is 0 Å². The van der Waals surface area contributed by atoms with E-state index < -0.39 is 23.1 Å². The second-order valence-corrected chi connectivity index (χ2v) is 4.87. The molecule has 0 atom stereocenters. The maximum absolute atomic E-state index is 11.5. The molecule has 0 aromatic carbocycles. The zero-order valence-electron chi connectivity index (χ0n) is 9.61. The first-order chi connectivity index (χ1) is 7.20. The predicted octanol–water partition coefficient (Wildman–Crippen LogP) is 0.941. The van der Waals surface area contributed by atoms with Crippen molar-refractivity contribution in [3.63, 3.8) is 0 Å². The fourth-order valence-corrected chi connectivity index (χ4v) is 1.35. The van der Waals surface area contributed by atoms with Crippen LogP contribution in [0, 0.1) is 17.8 Å². The fourth-order valence-electron chi connectivity index (χ4n) is 1.35. The van der Waals surface area contributed by atoms with Crippen molar-refractivity contribution >= 4 is 12.1 Å². The average Bonchev–Trinajstić information content (AvgIpc) is 1.98. The van der Waals surface area contributed by atoms with Gasteiger partial charge in [-0.2, -0.15) is 0 Å². The summed E-state index contributed by atoms with van der Waals surface area (Å²) in [5, 5.41) is 8.89. The Kier molecular flexibility index (Phi) is 2.87. The van der Waals surface area contributed by atoms with Gasteiger partial charge in [0.2, 0.25) is 0 Å². The van der Waals surface area contributed by atoms with E-state index in [-0.39, 0.29) is 13.1 Å². The molecule has 1 fully saturated rings. The van der Waals surface area contributed by atoms with Crippen LogP contribution < -0.4 is 0 Å². The number of hydrogen-bond donors (Lipinski definition) is 1. The van der Waals surface area contributed by atoms with Gasteiger partial charge in [-0.25, -0.2) is 4.79 Å². The number of aliphatic carboxylic acids is 1. The van der Waals surface area contributed by atoms with Crippen molar-refractivity contribution in [1.29, 1.82) is 0 Å². The Hall–Kier alpha value is -1.70. The summed E-state index contributed by atoms with van der Waals surface area (Å²) in [4.78, 5) is 23.7. The molecule has 5 heteroatoms. The van der Waals surface area contributed by atoms with Gasteiger partial charge < -0.3 is 14.7 Å². The lowest BCUT2D eigenvalue weighted by molar-refractivity contribution is -0.153. The fraction of sp³-hybridized carbons (Fsp3) is 0.636. The zero-order chi connectivity index (χ0) is 12.6. The van der Waals surface area contributed by atoms with E-state index in [0.29, 0.717) is 0 Å². The molecule has 0 bridgehead atoms. The van der Waals surface area contributed by atoms with Crippen molar-refractivity contribution in [2.75, 3.05) is 13.1 Å². The summed E-state index contributed by atoms with van der Waals surface area (Å²) in [6, 6.07) is 0. The maximum Gasteiger partial charge on any atom is 0.410 e. The highest BCUT2D eigenvalue weighted by Crippen LogP contribution is 2.31. The van der Waals surface area contributed by atoms with Crippen LogP contribution in [0.15, 0.2) is 0 Å². The minimum atomic E-state index is -1.24. The van der Waals surface area contributed by atoms with E-state index in [4.69, 9.17) is 16.3 Å². The molecule has 1 N–H and O–H groups in total. The van der Waals surface area contributed by atoms with Crippen molar-refractivity contribution in [2.45, 2.75) is 26.4 Å². The van der Waals surface area contributed by atoms with Crippen LogP contribution in [0.4, 0.5) is 4.79 Å². The summed E-state index contributed by atoms with van der Waals surface area (Å²) in [6.45, 7) is 5.25. The van der Waals surface area contributed by atoms with Gasteiger partial charge in [-0.05, 0) is 20.8 Å². The first-order valence-electron chi connectivity index (χ1n) is 4.89. The molecule has 0 saturated carbocycles. The van der Waals surface area contributed by atoms with Gasteiger partial charge in [-0.3, -0.25) is 4.79 Å². The highest BCUT2D eigenvalue weighted by atomic mass is 16.6. The molecule has 1 aliphatic rings. The summed E-state index contributed by atoms with van der Waals surface area (Å²) >= 11 is 0. The van der Waals surface area contributed by atoms with Crippen LogP contribution >= 0.6 is 0 Å². The van der Waals surface area contributed by atoms with E-state index in [1.54, 1.807) is 20.8 Å². The third-order valence-electron chi connectivity index (χ3n) is 2.26. The molecule has 1 amide bonds. The molecular weight excluding hydrogens is 210 g/mol. The molecule has 1 rings (SSSR count). The van der Waals surface area contributed by atoms with Gasteiger partial charge >= 0.3 is 12.1 Å². The molecule has 1 aliphatic heterocycles. The third kappa shape index (κ3) is 2.27. The zero-order valence-corrected chi connectivity index (χ0v) is 9.61. The van der Waals surface area contributed by atoms with E-state index in [1.807, 2.05) is 0 Å². The summed E-state index contributed by atoms with van der Waals surface area (Å²) in [6.07, 6.45) is 4.62. The Labute approximate surface area is 94.4 Å². The minimum absolute atomic E-state index is 0.00769. The first kappa shape index (κ1) is 12.4. The second kappa shape index (κ2) is 3.71. The normalized spacial score (nSPS) is 18.2. The Bertz CT molecular complexity index is 355. The van der Waals surface area contributed by atoms with E-state index in [9.17, 15) is 9.59 Å². The van der Waals surface area contributed by atoms with E-state index in [1.165, 1.54) is 4.90 Å². The quantitative estimate of drug-likeness (QED) is 0.674. The van der Waals surface area contributed by atoms with Gasteiger partial charge in [0, 0.05) is 0 Å². The number of carbonyl (C=O) groups is 2. The summed E-state index contributed by atoms with van der Waals surface area (Å²) in [5.74, 6) is 1.14. The highest BCUT2D eigenvalue weighted by Gasteiger charge is 2.51. The van der Waals surface area contributed by atoms with Gasteiger partial charge in [0.25, 0.3) is 0 Å². The van der Waals surface area contributed by atoms with Gasteiger partial charge in [0.05, 0.1) is 13.1 Å². The van der Waals surface area contributed by atoms with E-state index >= 15 is 0 Å². The van der Waals surface area contributed by atoms with Crippen molar-refractivity contribution in [1.82, 2.24) is 4.90 Å². The number of carboxylic acid groups (broad SMARTS) is 1. The number of amides is 1. The standard InChI is InChI=1S/C11H15NO4/c1-5-11(8(13)14)6-12(7-11)9(15)16-10(2,3)4/h1H,6-7H2,2-4H3,(H,13,14). The third-order valence-corrected chi connectivity index (χ3v) is 2.26. The van der Waals surface area contributed by atoms with Crippen LogP contribution in [0.5, 0.6) is 0 Å². The predicted molar refractivity (Wildman–Crippen MR) is 56.7 cm³/mol. The SMILES string of the molecule is C#CC1(C(=O)O)CN(C(=O)OC(C)(C)C)C1. The van der Waals surface area contributed by atoms with Crippen molar-refractivity contribution in [2.24, 2.45) is 5.41 Å². The van der Waals surface area contributed by atoms with Gasteiger partial charge in [0.15, 0.2) is 5.41 Å². The molecule has 0 spiro atoms. The Morgan fingerprint density at radius 1 is 1.44 bits per heavy atom. The van der Waals surface area contributed by atoms with Crippen LogP contribution in [-0.2, 0) is 9.53 Å². The van der Waals surface area contributed by atoms with Crippen LogP contribution in [-0.4, -0.2) is 40.8 Å². The molecule has 16 heavy (non-hydrogen) atoms. The lowest BCUT2D eigenvalue weighted by atomic mass is 9.81. The van der Waals surface area contributed by atoms with E-state index in [0.717, 1.165) is 0 Å². The van der Waals surface area contributed by atoms with Gasteiger partial charge in [0.1, 0.15) is 5.60 Å². The second-order valence-electron chi connectivity index (χ2n) is 4.87. The maximum atomic E-state index is 11.5.